The maximum atomic E-state index is 10.7. The fourth-order valence-electron chi connectivity index (χ4n) is 1.71. The minimum atomic E-state index is 0.484. The molecular weight excluding hydrogens is 250 g/mol. The smallest absolute Gasteiger partial charge is 0.178 e. The molecule has 0 fully saturated rings. The van der Waals surface area contributed by atoms with Crippen LogP contribution in [0.4, 0.5) is 0 Å². The quantitative estimate of drug-likeness (QED) is 0.796. The summed E-state index contributed by atoms with van der Waals surface area (Å²) in [6.45, 7) is 1.88. The van der Waals surface area contributed by atoms with Crippen molar-refractivity contribution < 1.29 is 14.3 Å². The van der Waals surface area contributed by atoms with Crippen molar-refractivity contribution in [1.29, 1.82) is 0 Å². The van der Waals surface area contributed by atoms with Crippen molar-refractivity contribution in [2.24, 2.45) is 0 Å². The molecule has 18 heavy (non-hydrogen) atoms. The molecule has 94 valence electrons. The Morgan fingerprint density at radius 3 is 2.50 bits per heavy atom. The predicted molar refractivity (Wildman–Crippen MR) is 70.8 cm³/mol. The molecule has 1 aromatic carbocycles. The molecule has 0 aliphatic heterocycles. The number of carbonyl (C=O) groups is 1. The fraction of sp³-hybridized carbons (Fsp3) is 0.231. The van der Waals surface area contributed by atoms with Crippen LogP contribution in [0.15, 0.2) is 18.2 Å². The second-order valence-electron chi connectivity index (χ2n) is 3.65. The van der Waals surface area contributed by atoms with Gasteiger partial charge in [-0.1, -0.05) is 0 Å². The van der Waals surface area contributed by atoms with Crippen LogP contribution >= 0.6 is 11.3 Å². The number of rotatable bonds is 4. The molecule has 0 aliphatic rings. The van der Waals surface area contributed by atoms with Gasteiger partial charge in [0.25, 0.3) is 0 Å². The summed E-state index contributed by atoms with van der Waals surface area (Å²) in [5.41, 5.74) is 1.81. The van der Waals surface area contributed by atoms with Crippen molar-refractivity contribution >= 4 is 17.6 Å². The van der Waals surface area contributed by atoms with Gasteiger partial charge in [-0.15, -0.1) is 11.3 Å². The zero-order valence-corrected chi connectivity index (χ0v) is 11.2. The normalized spacial score (nSPS) is 10.2. The minimum Gasteiger partial charge on any atom is -0.493 e. The van der Waals surface area contributed by atoms with Crippen LogP contribution in [0.1, 0.15) is 15.5 Å². The van der Waals surface area contributed by atoms with E-state index >= 15 is 0 Å². The first-order chi connectivity index (χ1) is 8.69. The second kappa shape index (κ2) is 5.18. The van der Waals surface area contributed by atoms with E-state index in [-0.39, 0.29) is 0 Å². The standard InChI is InChI=1S/C13H13NO3S/c1-8-13(18-12(7-15)14-8)9-4-5-10(16-2)11(6-9)17-3/h4-7H,1-3H3. The number of hydrogen-bond donors (Lipinski definition) is 0. The molecule has 0 atom stereocenters. The van der Waals surface area contributed by atoms with Crippen molar-refractivity contribution in [2.75, 3.05) is 14.2 Å². The molecule has 0 bridgehead atoms. The third kappa shape index (κ3) is 2.22. The van der Waals surface area contributed by atoms with Gasteiger partial charge in [0.1, 0.15) is 0 Å². The molecule has 0 unspecified atom stereocenters. The number of aryl methyl sites for hydroxylation is 1. The highest BCUT2D eigenvalue weighted by molar-refractivity contribution is 7.16. The van der Waals surface area contributed by atoms with Gasteiger partial charge < -0.3 is 9.47 Å². The Labute approximate surface area is 109 Å². The second-order valence-corrected chi connectivity index (χ2v) is 4.68. The molecule has 1 heterocycles. The van der Waals surface area contributed by atoms with Crippen LogP contribution in [0.25, 0.3) is 10.4 Å². The molecule has 0 radical (unpaired) electrons. The molecule has 2 aromatic rings. The van der Waals surface area contributed by atoms with Crippen LogP contribution in [0.2, 0.25) is 0 Å². The van der Waals surface area contributed by atoms with Gasteiger partial charge >= 0.3 is 0 Å². The zero-order valence-electron chi connectivity index (χ0n) is 10.4. The Balaban J connectivity index is 2.50. The van der Waals surface area contributed by atoms with Crippen LogP contribution in [0.5, 0.6) is 11.5 Å². The van der Waals surface area contributed by atoms with Crippen molar-refractivity contribution in [3.05, 3.63) is 28.9 Å². The average Bonchev–Trinajstić information content (AvgIpc) is 2.79. The van der Waals surface area contributed by atoms with Crippen molar-refractivity contribution in [2.45, 2.75) is 6.92 Å². The molecule has 4 nitrogen and oxygen atoms in total. The van der Waals surface area contributed by atoms with Crippen LogP contribution in [0, 0.1) is 6.92 Å². The number of methoxy groups -OCH3 is 2. The number of ether oxygens (including phenoxy) is 2. The third-order valence-electron chi connectivity index (χ3n) is 2.56. The molecular formula is C13H13NO3S. The number of hydrogen-bond acceptors (Lipinski definition) is 5. The number of carbonyl (C=O) groups excluding carboxylic acids is 1. The lowest BCUT2D eigenvalue weighted by Crippen LogP contribution is -1.90. The Morgan fingerprint density at radius 1 is 1.22 bits per heavy atom. The summed E-state index contributed by atoms with van der Waals surface area (Å²) < 4.78 is 10.5. The molecule has 5 heteroatoms. The van der Waals surface area contributed by atoms with Gasteiger partial charge in [0.05, 0.1) is 24.8 Å². The lowest BCUT2D eigenvalue weighted by Gasteiger charge is -2.08. The van der Waals surface area contributed by atoms with Gasteiger partial charge in [-0.25, -0.2) is 4.98 Å². The van der Waals surface area contributed by atoms with E-state index < -0.39 is 0 Å². The molecule has 0 N–H and O–H groups in total. The van der Waals surface area contributed by atoms with Crippen LogP contribution in [-0.4, -0.2) is 25.5 Å². The molecule has 0 amide bonds. The van der Waals surface area contributed by atoms with E-state index in [1.807, 2.05) is 25.1 Å². The first-order valence-corrected chi connectivity index (χ1v) is 6.16. The third-order valence-corrected chi connectivity index (χ3v) is 3.69. The maximum absolute atomic E-state index is 10.7. The largest absolute Gasteiger partial charge is 0.493 e. The van der Waals surface area contributed by atoms with Crippen LogP contribution in [-0.2, 0) is 0 Å². The highest BCUT2D eigenvalue weighted by Gasteiger charge is 2.12. The SMILES string of the molecule is COc1ccc(-c2sc(C=O)nc2C)cc1OC. The van der Waals surface area contributed by atoms with Gasteiger partial charge in [-0.3, -0.25) is 4.79 Å². The molecule has 0 saturated heterocycles. The summed E-state index contributed by atoms with van der Waals surface area (Å²) in [7, 11) is 3.19. The average molecular weight is 263 g/mol. The Kier molecular flexibility index (Phi) is 3.62. The first kappa shape index (κ1) is 12.6. The van der Waals surface area contributed by atoms with Gasteiger partial charge in [-0.2, -0.15) is 0 Å². The molecule has 2 rings (SSSR count). The summed E-state index contributed by atoms with van der Waals surface area (Å²) in [6.07, 6.45) is 0.766. The number of nitrogens with zero attached hydrogens (tertiary/aromatic N) is 1. The van der Waals surface area contributed by atoms with E-state index in [4.69, 9.17) is 9.47 Å². The number of aromatic nitrogens is 1. The monoisotopic (exact) mass is 263 g/mol. The maximum Gasteiger partial charge on any atom is 0.178 e. The van der Waals surface area contributed by atoms with Gasteiger partial charge in [0.2, 0.25) is 0 Å². The summed E-state index contributed by atoms with van der Waals surface area (Å²) in [5.74, 6) is 1.34. The molecule has 0 aliphatic carbocycles. The Morgan fingerprint density at radius 2 is 1.94 bits per heavy atom. The summed E-state index contributed by atoms with van der Waals surface area (Å²) >= 11 is 1.37. The Hall–Kier alpha value is -1.88. The number of thiazole rings is 1. The summed E-state index contributed by atoms with van der Waals surface area (Å²) in [4.78, 5) is 15.9. The predicted octanol–water partition coefficient (Wildman–Crippen LogP) is 2.95. The highest BCUT2D eigenvalue weighted by atomic mass is 32.1. The van der Waals surface area contributed by atoms with E-state index in [1.54, 1.807) is 14.2 Å². The number of benzene rings is 1. The molecule has 1 aromatic heterocycles. The molecule has 0 spiro atoms. The minimum absolute atomic E-state index is 0.484. The van der Waals surface area contributed by atoms with Crippen molar-refractivity contribution in [1.82, 2.24) is 4.98 Å². The van der Waals surface area contributed by atoms with Gasteiger partial charge in [0.15, 0.2) is 22.8 Å². The lowest BCUT2D eigenvalue weighted by atomic mass is 10.1. The van der Waals surface area contributed by atoms with Crippen LogP contribution in [0.3, 0.4) is 0 Å². The van der Waals surface area contributed by atoms with Crippen molar-refractivity contribution in [3.63, 3.8) is 0 Å². The van der Waals surface area contributed by atoms with Gasteiger partial charge in [-0.05, 0) is 30.7 Å². The molecule has 0 saturated carbocycles. The summed E-state index contributed by atoms with van der Waals surface area (Å²) in [5, 5.41) is 0.484. The topological polar surface area (TPSA) is 48.4 Å². The van der Waals surface area contributed by atoms with E-state index in [1.165, 1.54) is 11.3 Å². The van der Waals surface area contributed by atoms with Crippen molar-refractivity contribution in [3.8, 4) is 21.9 Å². The lowest BCUT2D eigenvalue weighted by molar-refractivity contribution is 0.112. The Bertz CT molecular complexity index is 578. The summed E-state index contributed by atoms with van der Waals surface area (Å²) in [6, 6.07) is 5.65. The van der Waals surface area contributed by atoms with Gasteiger partial charge in [0, 0.05) is 0 Å². The van der Waals surface area contributed by atoms with E-state index in [0.29, 0.717) is 16.5 Å². The first-order valence-electron chi connectivity index (χ1n) is 5.34. The van der Waals surface area contributed by atoms with E-state index in [9.17, 15) is 4.79 Å². The zero-order chi connectivity index (χ0) is 13.1. The number of aldehydes is 1. The van der Waals surface area contributed by atoms with E-state index in [2.05, 4.69) is 4.98 Å². The van der Waals surface area contributed by atoms with E-state index in [0.717, 1.165) is 22.4 Å². The fourth-order valence-corrected chi connectivity index (χ4v) is 2.59. The highest BCUT2D eigenvalue weighted by Crippen LogP contribution is 2.35. The van der Waals surface area contributed by atoms with Crippen LogP contribution < -0.4 is 9.47 Å².